The highest BCUT2D eigenvalue weighted by Gasteiger charge is 2.16. The van der Waals surface area contributed by atoms with Crippen molar-refractivity contribution in [2.75, 3.05) is 10.0 Å². The Hall–Kier alpha value is -3.14. The standard InChI is InChI=1S/C16H11F3N4O2S/c17-11-6-7-12(16(19)15(11)18)20-13-8-9-14(22-21-13)23-26(24,25)10-4-2-1-3-5-10/h1-9H,(H,20,21)(H,22,23). The van der Waals surface area contributed by atoms with E-state index >= 15 is 0 Å². The van der Waals surface area contributed by atoms with Gasteiger partial charge in [0.05, 0.1) is 10.6 Å². The van der Waals surface area contributed by atoms with Crippen molar-refractivity contribution >= 4 is 27.3 Å². The molecule has 0 saturated carbocycles. The number of nitrogens with zero attached hydrogens (tertiary/aromatic N) is 2. The first kappa shape index (κ1) is 17.7. The number of anilines is 3. The van der Waals surface area contributed by atoms with Crippen LogP contribution in [0.4, 0.5) is 30.5 Å². The molecule has 0 unspecified atom stereocenters. The molecule has 26 heavy (non-hydrogen) atoms. The lowest BCUT2D eigenvalue weighted by Crippen LogP contribution is -2.14. The maximum atomic E-state index is 13.6. The summed E-state index contributed by atoms with van der Waals surface area (Å²) in [4.78, 5) is 0.0489. The van der Waals surface area contributed by atoms with Crippen LogP contribution in [0.1, 0.15) is 0 Å². The van der Waals surface area contributed by atoms with Gasteiger partial charge in [-0.25, -0.2) is 21.6 Å². The molecule has 0 saturated heterocycles. The van der Waals surface area contributed by atoms with Gasteiger partial charge in [-0.2, -0.15) is 0 Å². The second-order valence-corrected chi connectivity index (χ2v) is 6.75. The number of rotatable bonds is 5. The van der Waals surface area contributed by atoms with E-state index in [-0.39, 0.29) is 22.2 Å². The molecule has 0 fully saturated rings. The Balaban J connectivity index is 1.76. The molecule has 3 aromatic rings. The molecule has 2 N–H and O–H groups in total. The van der Waals surface area contributed by atoms with Gasteiger partial charge in [0.25, 0.3) is 10.0 Å². The van der Waals surface area contributed by atoms with E-state index in [0.29, 0.717) is 0 Å². The minimum Gasteiger partial charge on any atom is -0.336 e. The van der Waals surface area contributed by atoms with Crippen molar-refractivity contribution in [2.45, 2.75) is 4.90 Å². The largest absolute Gasteiger partial charge is 0.336 e. The van der Waals surface area contributed by atoms with Crippen LogP contribution in [-0.2, 0) is 10.0 Å². The lowest BCUT2D eigenvalue weighted by atomic mass is 10.3. The minimum atomic E-state index is -3.83. The first-order valence-corrected chi connectivity index (χ1v) is 8.67. The highest BCUT2D eigenvalue weighted by Crippen LogP contribution is 2.23. The summed E-state index contributed by atoms with van der Waals surface area (Å²) >= 11 is 0. The van der Waals surface area contributed by atoms with Crippen LogP contribution in [0.15, 0.2) is 59.5 Å². The zero-order valence-corrected chi connectivity index (χ0v) is 13.8. The fourth-order valence-corrected chi connectivity index (χ4v) is 3.03. The van der Waals surface area contributed by atoms with E-state index in [0.717, 1.165) is 12.1 Å². The van der Waals surface area contributed by atoms with Gasteiger partial charge in [0.15, 0.2) is 29.1 Å². The van der Waals surface area contributed by atoms with E-state index in [1.807, 2.05) is 0 Å². The zero-order valence-electron chi connectivity index (χ0n) is 12.9. The number of hydrogen-bond acceptors (Lipinski definition) is 5. The second kappa shape index (κ2) is 7.00. The van der Waals surface area contributed by atoms with Gasteiger partial charge < -0.3 is 5.32 Å². The molecule has 0 aliphatic rings. The predicted octanol–water partition coefficient (Wildman–Crippen LogP) is 3.44. The Labute approximate surface area is 146 Å². The number of aromatic nitrogens is 2. The van der Waals surface area contributed by atoms with Gasteiger partial charge in [0.1, 0.15) is 0 Å². The van der Waals surface area contributed by atoms with Crippen molar-refractivity contribution < 1.29 is 21.6 Å². The van der Waals surface area contributed by atoms with Gasteiger partial charge in [0.2, 0.25) is 0 Å². The third-order valence-electron chi connectivity index (χ3n) is 3.25. The predicted molar refractivity (Wildman–Crippen MR) is 88.9 cm³/mol. The molecule has 0 aliphatic carbocycles. The summed E-state index contributed by atoms with van der Waals surface area (Å²) in [5, 5.41) is 9.77. The normalized spacial score (nSPS) is 11.2. The van der Waals surface area contributed by atoms with Crippen LogP contribution in [0.5, 0.6) is 0 Å². The SMILES string of the molecule is O=S(=O)(Nc1ccc(Nc2ccc(F)c(F)c2F)nn1)c1ccccc1. The smallest absolute Gasteiger partial charge is 0.263 e. The van der Waals surface area contributed by atoms with E-state index in [4.69, 9.17) is 0 Å². The summed E-state index contributed by atoms with van der Waals surface area (Å²) in [6.45, 7) is 0. The highest BCUT2D eigenvalue weighted by molar-refractivity contribution is 7.92. The first-order chi connectivity index (χ1) is 12.4. The average Bonchev–Trinajstić information content (AvgIpc) is 2.64. The van der Waals surface area contributed by atoms with Gasteiger partial charge in [-0.3, -0.25) is 4.72 Å². The van der Waals surface area contributed by atoms with Crippen molar-refractivity contribution in [3.8, 4) is 0 Å². The van der Waals surface area contributed by atoms with Crippen LogP contribution in [-0.4, -0.2) is 18.6 Å². The summed E-state index contributed by atoms with van der Waals surface area (Å²) in [7, 11) is -3.83. The van der Waals surface area contributed by atoms with Crippen molar-refractivity contribution in [3.63, 3.8) is 0 Å². The van der Waals surface area contributed by atoms with Crippen LogP contribution < -0.4 is 10.0 Å². The van der Waals surface area contributed by atoms with Gasteiger partial charge in [-0.05, 0) is 36.4 Å². The molecule has 0 spiro atoms. The number of sulfonamides is 1. The second-order valence-electron chi connectivity index (χ2n) is 5.07. The Morgan fingerprint density at radius 1 is 0.769 bits per heavy atom. The van der Waals surface area contributed by atoms with Crippen molar-refractivity contribution in [1.29, 1.82) is 0 Å². The van der Waals surface area contributed by atoms with Crippen molar-refractivity contribution in [1.82, 2.24) is 10.2 Å². The summed E-state index contributed by atoms with van der Waals surface area (Å²) in [6, 6.07) is 12.0. The van der Waals surface area contributed by atoms with E-state index in [9.17, 15) is 21.6 Å². The van der Waals surface area contributed by atoms with Crippen molar-refractivity contribution in [2.24, 2.45) is 0 Å². The zero-order chi connectivity index (χ0) is 18.7. The molecular formula is C16H11F3N4O2S. The van der Waals surface area contributed by atoms with Crippen LogP contribution >= 0.6 is 0 Å². The number of halogens is 3. The Morgan fingerprint density at radius 2 is 1.42 bits per heavy atom. The fraction of sp³-hybridized carbons (Fsp3) is 0. The Morgan fingerprint density at radius 3 is 2.08 bits per heavy atom. The summed E-state index contributed by atoms with van der Waals surface area (Å²) in [6.07, 6.45) is 0. The Bertz CT molecular complexity index is 1030. The molecule has 0 bridgehead atoms. The summed E-state index contributed by atoms with van der Waals surface area (Å²) in [5.41, 5.74) is -0.337. The maximum Gasteiger partial charge on any atom is 0.263 e. The van der Waals surface area contributed by atoms with Crippen LogP contribution in [0.25, 0.3) is 0 Å². The lowest BCUT2D eigenvalue weighted by molar-refractivity contribution is 0.449. The van der Waals surface area contributed by atoms with E-state index in [1.54, 1.807) is 18.2 Å². The molecule has 0 aliphatic heterocycles. The Kier molecular flexibility index (Phi) is 4.76. The lowest BCUT2D eigenvalue weighted by Gasteiger charge is -2.09. The first-order valence-electron chi connectivity index (χ1n) is 7.19. The minimum absolute atomic E-state index is 0.0116. The van der Waals surface area contributed by atoms with Gasteiger partial charge >= 0.3 is 0 Å². The molecule has 0 amide bonds. The molecule has 0 radical (unpaired) electrons. The van der Waals surface area contributed by atoms with Gasteiger partial charge in [0, 0.05) is 0 Å². The highest BCUT2D eigenvalue weighted by atomic mass is 32.2. The molecule has 1 aromatic heterocycles. The third-order valence-corrected chi connectivity index (χ3v) is 4.63. The van der Waals surface area contributed by atoms with Gasteiger partial charge in [-0.1, -0.05) is 18.2 Å². The number of hydrogen-bond donors (Lipinski definition) is 2. The quantitative estimate of drug-likeness (QED) is 0.663. The van der Waals surface area contributed by atoms with Crippen LogP contribution in [0.2, 0.25) is 0 Å². The number of benzene rings is 2. The molecule has 1 heterocycles. The number of nitrogens with one attached hydrogen (secondary N) is 2. The van der Waals surface area contributed by atoms with Crippen LogP contribution in [0.3, 0.4) is 0 Å². The van der Waals surface area contributed by atoms with E-state index in [1.165, 1.54) is 24.3 Å². The third kappa shape index (κ3) is 3.75. The molecule has 10 heteroatoms. The van der Waals surface area contributed by atoms with E-state index in [2.05, 4.69) is 20.2 Å². The summed E-state index contributed by atoms with van der Waals surface area (Å²) < 4.78 is 66.3. The summed E-state index contributed by atoms with van der Waals surface area (Å²) in [5.74, 6) is -4.39. The molecule has 0 atom stereocenters. The molecule has 6 nitrogen and oxygen atoms in total. The maximum absolute atomic E-state index is 13.6. The molecule has 134 valence electrons. The topological polar surface area (TPSA) is 84.0 Å². The van der Waals surface area contributed by atoms with Crippen molar-refractivity contribution in [3.05, 3.63) is 72.0 Å². The average molecular weight is 380 g/mol. The van der Waals surface area contributed by atoms with E-state index < -0.39 is 27.5 Å². The van der Waals surface area contributed by atoms with Gasteiger partial charge in [-0.15, -0.1) is 10.2 Å². The monoisotopic (exact) mass is 380 g/mol. The molecule has 3 rings (SSSR count). The fourth-order valence-electron chi connectivity index (χ4n) is 2.01. The molecule has 2 aromatic carbocycles. The molecular weight excluding hydrogens is 369 g/mol. The van der Waals surface area contributed by atoms with Crippen LogP contribution in [0, 0.1) is 17.5 Å².